The van der Waals surface area contributed by atoms with Crippen molar-refractivity contribution in [2.24, 2.45) is 0 Å². The maximum atomic E-state index is 13.8. The van der Waals surface area contributed by atoms with Crippen molar-refractivity contribution in [2.75, 3.05) is 6.54 Å². The minimum Gasteiger partial charge on any atom is -0.312 e. The third kappa shape index (κ3) is 2.66. The highest BCUT2D eigenvalue weighted by Crippen LogP contribution is 2.16. The molecule has 0 amide bonds. The Morgan fingerprint density at radius 3 is 3.10 bits per heavy atom. The molecule has 0 unspecified atom stereocenters. The van der Waals surface area contributed by atoms with Crippen molar-refractivity contribution >= 4 is 15.9 Å². The molecule has 20 heavy (non-hydrogen) atoms. The van der Waals surface area contributed by atoms with Crippen LogP contribution < -0.4 is 10.9 Å². The van der Waals surface area contributed by atoms with Gasteiger partial charge in [0.1, 0.15) is 5.82 Å². The van der Waals surface area contributed by atoms with Crippen molar-refractivity contribution in [1.82, 2.24) is 15.1 Å². The molecular weight excluding hydrogens is 325 g/mol. The third-order valence-electron chi connectivity index (χ3n) is 3.35. The first kappa shape index (κ1) is 13.5. The summed E-state index contributed by atoms with van der Waals surface area (Å²) in [6, 6.07) is 6.27. The molecule has 0 radical (unpaired) electrons. The van der Waals surface area contributed by atoms with E-state index in [1.54, 1.807) is 18.2 Å². The smallest absolute Gasteiger partial charge is 0.267 e. The summed E-state index contributed by atoms with van der Waals surface area (Å²) in [5.41, 5.74) is 2.10. The summed E-state index contributed by atoms with van der Waals surface area (Å²) >= 11 is 3.31. The van der Waals surface area contributed by atoms with Gasteiger partial charge in [-0.2, -0.15) is 5.10 Å². The van der Waals surface area contributed by atoms with E-state index in [9.17, 15) is 9.18 Å². The number of nitrogens with one attached hydrogen (secondary N) is 1. The Morgan fingerprint density at radius 1 is 1.40 bits per heavy atom. The molecule has 1 aromatic heterocycles. The van der Waals surface area contributed by atoms with Crippen molar-refractivity contribution < 1.29 is 4.39 Å². The van der Waals surface area contributed by atoms with E-state index in [4.69, 9.17) is 0 Å². The summed E-state index contributed by atoms with van der Waals surface area (Å²) in [7, 11) is 0. The van der Waals surface area contributed by atoms with E-state index in [0.29, 0.717) is 12.1 Å². The highest BCUT2D eigenvalue weighted by atomic mass is 79.9. The van der Waals surface area contributed by atoms with Crippen LogP contribution in [0.3, 0.4) is 0 Å². The predicted molar refractivity (Wildman–Crippen MR) is 77.1 cm³/mol. The molecule has 1 N–H and O–H groups in total. The number of fused-ring (bicyclic) bond motifs is 1. The van der Waals surface area contributed by atoms with Gasteiger partial charge in [-0.3, -0.25) is 4.79 Å². The van der Waals surface area contributed by atoms with Gasteiger partial charge in [-0.15, -0.1) is 0 Å². The van der Waals surface area contributed by atoms with Crippen LogP contribution >= 0.6 is 15.9 Å². The quantitative estimate of drug-likeness (QED) is 0.909. The van der Waals surface area contributed by atoms with Crippen molar-refractivity contribution in [1.29, 1.82) is 0 Å². The molecule has 1 aromatic carbocycles. The number of halogens is 2. The lowest BCUT2D eigenvalue weighted by Crippen LogP contribution is -2.32. The lowest BCUT2D eigenvalue weighted by Gasteiger charge is -2.17. The standard InChI is InChI=1S/C14H13BrFN3O/c15-11-1-2-12(16)10(5-11)8-19-14(20)6-9-7-17-4-3-13(9)18-19/h1-2,5-6,17H,3-4,7-8H2. The van der Waals surface area contributed by atoms with Crippen LogP contribution in [0.4, 0.5) is 4.39 Å². The zero-order valence-corrected chi connectivity index (χ0v) is 12.3. The molecule has 0 spiro atoms. The second-order valence-corrected chi connectivity index (χ2v) is 5.69. The van der Waals surface area contributed by atoms with E-state index < -0.39 is 0 Å². The maximum Gasteiger partial charge on any atom is 0.267 e. The molecule has 0 atom stereocenters. The molecule has 0 saturated carbocycles. The highest BCUT2D eigenvalue weighted by Gasteiger charge is 2.13. The van der Waals surface area contributed by atoms with Crippen LogP contribution in [0.15, 0.2) is 33.5 Å². The molecule has 0 bridgehead atoms. The Bertz CT molecular complexity index is 714. The molecule has 0 saturated heterocycles. The average molecular weight is 338 g/mol. The predicted octanol–water partition coefficient (Wildman–Crippen LogP) is 1.84. The minimum atomic E-state index is -0.332. The summed E-state index contributed by atoms with van der Waals surface area (Å²) < 4.78 is 15.9. The summed E-state index contributed by atoms with van der Waals surface area (Å²) in [5.74, 6) is -0.332. The number of rotatable bonds is 2. The molecule has 6 heteroatoms. The van der Waals surface area contributed by atoms with Crippen molar-refractivity contribution in [2.45, 2.75) is 19.5 Å². The van der Waals surface area contributed by atoms with E-state index in [2.05, 4.69) is 26.3 Å². The van der Waals surface area contributed by atoms with Gasteiger partial charge in [-0.25, -0.2) is 9.07 Å². The van der Waals surface area contributed by atoms with E-state index >= 15 is 0 Å². The summed E-state index contributed by atoms with van der Waals surface area (Å²) in [4.78, 5) is 12.0. The normalized spacial score (nSPS) is 14.1. The van der Waals surface area contributed by atoms with Gasteiger partial charge in [0.25, 0.3) is 5.56 Å². The molecule has 3 rings (SSSR count). The van der Waals surface area contributed by atoms with E-state index in [1.165, 1.54) is 10.7 Å². The molecule has 1 aliphatic heterocycles. The second-order valence-electron chi connectivity index (χ2n) is 4.77. The third-order valence-corrected chi connectivity index (χ3v) is 3.84. The van der Waals surface area contributed by atoms with Crippen molar-refractivity contribution in [3.63, 3.8) is 0 Å². The van der Waals surface area contributed by atoms with E-state index in [0.717, 1.165) is 28.7 Å². The molecule has 4 nitrogen and oxygen atoms in total. The monoisotopic (exact) mass is 337 g/mol. The molecule has 1 aliphatic rings. The summed E-state index contributed by atoms with van der Waals surface area (Å²) in [5, 5.41) is 7.56. The minimum absolute atomic E-state index is 0.144. The fourth-order valence-corrected chi connectivity index (χ4v) is 2.71. The molecular formula is C14H13BrFN3O. The molecule has 0 aliphatic carbocycles. The Labute approximate surface area is 123 Å². The van der Waals surface area contributed by atoms with Crippen LogP contribution in [0, 0.1) is 5.82 Å². The average Bonchev–Trinajstić information content (AvgIpc) is 2.43. The van der Waals surface area contributed by atoms with Gasteiger partial charge in [0.05, 0.1) is 12.2 Å². The Balaban J connectivity index is 1.98. The largest absolute Gasteiger partial charge is 0.312 e. The molecule has 104 valence electrons. The molecule has 0 fully saturated rings. The van der Waals surface area contributed by atoms with E-state index in [1.807, 2.05) is 0 Å². The Kier molecular flexibility index (Phi) is 3.67. The number of hydrogen-bond acceptors (Lipinski definition) is 3. The van der Waals surface area contributed by atoms with Crippen LogP contribution in [0.1, 0.15) is 16.8 Å². The Hall–Kier alpha value is -1.53. The van der Waals surface area contributed by atoms with Gasteiger partial charge in [0.15, 0.2) is 0 Å². The van der Waals surface area contributed by atoms with Gasteiger partial charge in [0, 0.05) is 35.6 Å². The lowest BCUT2D eigenvalue weighted by molar-refractivity contribution is 0.542. The fraction of sp³-hybridized carbons (Fsp3) is 0.286. The number of benzene rings is 1. The Morgan fingerprint density at radius 2 is 2.25 bits per heavy atom. The van der Waals surface area contributed by atoms with Crippen molar-refractivity contribution in [3.8, 4) is 0 Å². The molecule has 2 aromatic rings. The van der Waals surface area contributed by atoms with Gasteiger partial charge < -0.3 is 5.32 Å². The lowest BCUT2D eigenvalue weighted by atomic mass is 10.1. The highest BCUT2D eigenvalue weighted by molar-refractivity contribution is 9.10. The summed E-state index contributed by atoms with van der Waals surface area (Å²) in [6.07, 6.45) is 0.788. The van der Waals surface area contributed by atoms with Crippen LogP contribution in [0.5, 0.6) is 0 Å². The number of aromatic nitrogens is 2. The maximum absolute atomic E-state index is 13.8. The van der Waals surface area contributed by atoms with E-state index in [-0.39, 0.29) is 17.9 Å². The van der Waals surface area contributed by atoms with Crippen LogP contribution in [-0.4, -0.2) is 16.3 Å². The zero-order valence-electron chi connectivity index (χ0n) is 10.7. The fourth-order valence-electron chi connectivity index (χ4n) is 2.30. The first-order valence-corrected chi connectivity index (χ1v) is 7.17. The van der Waals surface area contributed by atoms with Crippen molar-refractivity contribution in [3.05, 3.63) is 61.7 Å². The topological polar surface area (TPSA) is 46.9 Å². The number of nitrogens with zero attached hydrogens (tertiary/aromatic N) is 2. The molecule has 2 heterocycles. The number of hydrogen-bond donors (Lipinski definition) is 1. The van der Waals surface area contributed by atoms with Gasteiger partial charge in [-0.1, -0.05) is 15.9 Å². The zero-order chi connectivity index (χ0) is 14.1. The van der Waals surface area contributed by atoms with Crippen LogP contribution in [0.2, 0.25) is 0 Å². The summed E-state index contributed by atoms with van der Waals surface area (Å²) in [6.45, 7) is 1.66. The second kappa shape index (κ2) is 5.46. The van der Waals surface area contributed by atoms with Gasteiger partial charge >= 0.3 is 0 Å². The van der Waals surface area contributed by atoms with Gasteiger partial charge in [-0.05, 0) is 23.8 Å². The van der Waals surface area contributed by atoms with Crippen LogP contribution in [0.25, 0.3) is 0 Å². The first-order valence-electron chi connectivity index (χ1n) is 6.38. The van der Waals surface area contributed by atoms with Crippen LogP contribution in [-0.2, 0) is 19.5 Å². The SMILES string of the molecule is O=c1cc2c(nn1Cc1cc(Br)ccc1F)CCNC2. The first-order chi connectivity index (χ1) is 9.63. The van der Waals surface area contributed by atoms with Gasteiger partial charge in [0.2, 0.25) is 0 Å².